The summed E-state index contributed by atoms with van der Waals surface area (Å²) >= 11 is 0. The summed E-state index contributed by atoms with van der Waals surface area (Å²) in [4.78, 5) is 4.14. The summed E-state index contributed by atoms with van der Waals surface area (Å²) in [6.07, 6.45) is 2.05. The van der Waals surface area contributed by atoms with Crippen LogP contribution >= 0.6 is 0 Å². The second-order valence-corrected chi connectivity index (χ2v) is 3.42. The monoisotopic (exact) mass is 197 g/mol. The number of aromatic nitrogens is 3. The van der Waals surface area contributed by atoms with Crippen LogP contribution in [0.25, 0.3) is 0 Å². The van der Waals surface area contributed by atoms with Gasteiger partial charge in [0.25, 0.3) is 0 Å². The Bertz CT molecular complexity index is 281. The third-order valence-corrected chi connectivity index (χ3v) is 2.20. The highest BCUT2D eigenvalue weighted by Crippen LogP contribution is 2.14. The average Bonchev–Trinajstić information content (AvgIpc) is 2.55. The van der Waals surface area contributed by atoms with Crippen molar-refractivity contribution in [2.45, 2.75) is 39.7 Å². The van der Waals surface area contributed by atoms with Crippen LogP contribution in [0.2, 0.25) is 0 Å². The van der Waals surface area contributed by atoms with Gasteiger partial charge in [-0.3, -0.25) is 0 Å². The van der Waals surface area contributed by atoms with E-state index in [0.29, 0.717) is 17.9 Å². The van der Waals surface area contributed by atoms with E-state index in [1.165, 1.54) is 0 Å². The molecule has 0 aliphatic carbocycles. The first-order chi connectivity index (χ1) is 6.69. The highest BCUT2D eigenvalue weighted by molar-refractivity contribution is 5.31. The zero-order valence-electron chi connectivity index (χ0n) is 9.12. The van der Waals surface area contributed by atoms with Gasteiger partial charge in [-0.1, -0.05) is 13.8 Å². The summed E-state index contributed by atoms with van der Waals surface area (Å²) in [5, 5.41) is 7.40. The molecule has 1 aromatic rings. The lowest BCUT2D eigenvalue weighted by Crippen LogP contribution is -2.09. The van der Waals surface area contributed by atoms with E-state index < -0.39 is 0 Å². The Hall–Kier alpha value is -1.26. The standard InChI is InChI=1S/C9H19N5/c1-4-6-11-9-12-8(10)14(13-9)7(3)5-2/h7H,4-6H2,1-3H3,(H3,10,11,12,13). The second kappa shape index (κ2) is 4.83. The van der Waals surface area contributed by atoms with Gasteiger partial charge in [-0.05, 0) is 19.8 Å². The van der Waals surface area contributed by atoms with Crippen molar-refractivity contribution in [3.63, 3.8) is 0 Å². The number of anilines is 2. The molecule has 3 N–H and O–H groups in total. The van der Waals surface area contributed by atoms with Gasteiger partial charge in [0.2, 0.25) is 11.9 Å². The molecule has 0 radical (unpaired) electrons. The molecule has 0 saturated carbocycles. The Balaban J connectivity index is 2.71. The predicted octanol–water partition coefficient (Wildman–Crippen LogP) is 1.65. The van der Waals surface area contributed by atoms with E-state index in [0.717, 1.165) is 19.4 Å². The summed E-state index contributed by atoms with van der Waals surface area (Å²) in [6, 6.07) is 0.305. The minimum absolute atomic E-state index is 0.305. The largest absolute Gasteiger partial charge is 0.368 e. The van der Waals surface area contributed by atoms with Gasteiger partial charge in [0.1, 0.15) is 0 Å². The van der Waals surface area contributed by atoms with Crippen molar-refractivity contribution < 1.29 is 0 Å². The van der Waals surface area contributed by atoms with E-state index in [9.17, 15) is 0 Å². The van der Waals surface area contributed by atoms with E-state index in [1.807, 2.05) is 0 Å². The first-order valence-corrected chi connectivity index (χ1v) is 5.14. The average molecular weight is 197 g/mol. The fourth-order valence-corrected chi connectivity index (χ4v) is 1.14. The van der Waals surface area contributed by atoms with Gasteiger partial charge >= 0.3 is 0 Å². The molecule has 1 heterocycles. The van der Waals surface area contributed by atoms with Crippen LogP contribution in [0.3, 0.4) is 0 Å². The third-order valence-electron chi connectivity index (χ3n) is 2.20. The van der Waals surface area contributed by atoms with Gasteiger partial charge in [-0.2, -0.15) is 4.98 Å². The molecule has 1 unspecified atom stereocenters. The molecule has 5 heteroatoms. The maximum atomic E-state index is 5.74. The van der Waals surface area contributed by atoms with Crippen molar-refractivity contribution in [2.75, 3.05) is 17.6 Å². The van der Waals surface area contributed by atoms with E-state index in [4.69, 9.17) is 5.73 Å². The molecule has 0 aliphatic heterocycles. The van der Waals surface area contributed by atoms with Crippen LogP contribution in [-0.4, -0.2) is 21.3 Å². The van der Waals surface area contributed by atoms with Crippen LogP contribution < -0.4 is 11.1 Å². The molecular weight excluding hydrogens is 178 g/mol. The fourth-order valence-electron chi connectivity index (χ4n) is 1.14. The Morgan fingerprint density at radius 3 is 2.79 bits per heavy atom. The lowest BCUT2D eigenvalue weighted by atomic mass is 10.3. The molecule has 14 heavy (non-hydrogen) atoms. The topological polar surface area (TPSA) is 68.8 Å². The van der Waals surface area contributed by atoms with Gasteiger partial charge in [0, 0.05) is 6.54 Å². The van der Waals surface area contributed by atoms with Crippen molar-refractivity contribution in [3.05, 3.63) is 0 Å². The summed E-state index contributed by atoms with van der Waals surface area (Å²) in [5.41, 5.74) is 5.74. The zero-order chi connectivity index (χ0) is 10.6. The lowest BCUT2D eigenvalue weighted by molar-refractivity contribution is 0.485. The zero-order valence-corrected chi connectivity index (χ0v) is 9.12. The quantitative estimate of drug-likeness (QED) is 0.753. The molecule has 0 spiro atoms. The normalized spacial score (nSPS) is 12.8. The van der Waals surface area contributed by atoms with Crippen LogP contribution in [0.5, 0.6) is 0 Å². The Kier molecular flexibility index (Phi) is 3.73. The van der Waals surface area contributed by atoms with Gasteiger partial charge in [0.15, 0.2) is 0 Å². The van der Waals surface area contributed by atoms with Gasteiger partial charge in [0.05, 0.1) is 6.04 Å². The number of nitrogens with two attached hydrogens (primary N) is 1. The number of nitrogen functional groups attached to an aromatic ring is 1. The molecule has 0 amide bonds. The van der Waals surface area contributed by atoms with Crippen LogP contribution in [0, 0.1) is 0 Å². The van der Waals surface area contributed by atoms with E-state index in [2.05, 4.69) is 36.2 Å². The number of nitrogens with one attached hydrogen (secondary N) is 1. The van der Waals surface area contributed by atoms with Crippen molar-refractivity contribution >= 4 is 11.9 Å². The maximum absolute atomic E-state index is 5.74. The first-order valence-electron chi connectivity index (χ1n) is 5.14. The number of hydrogen-bond acceptors (Lipinski definition) is 4. The molecule has 0 aliphatic rings. The van der Waals surface area contributed by atoms with Crippen molar-refractivity contribution in [1.29, 1.82) is 0 Å². The van der Waals surface area contributed by atoms with E-state index >= 15 is 0 Å². The Labute approximate surface area is 84.7 Å². The summed E-state index contributed by atoms with van der Waals surface area (Å²) in [6.45, 7) is 7.16. The molecule has 0 aromatic carbocycles. The van der Waals surface area contributed by atoms with E-state index in [-0.39, 0.29) is 0 Å². The van der Waals surface area contributed by atoms with Gasteiger partial charge in [-0.15, -0.1) is 5.10 Å². The van der Waals surface area contributed by atoms with Crippen LogP contribution in [-0.2, 0) is 0 Å². The van der Waals surface area contributed by atoms with Crippen molar-refractivity contribution in [3.8, 4) is 0 Å². The molecule has 5 nitrogen and oxygen atoms in total. The second-order valence-electron chi connectivity index (χ2n) is 3.42. The highest BCUT2D eigenvalue weighted by atomic mass is 15.4. The summed E-state index contributed by atoms with van der Waals surface area (Å²) in [5.74, 6) is 1.11. The lowest BCUT2D eigenvalue weighted by Gasteiger charge is -2.08. The minimum Gasteiger partial charge on any atom is -0.368 e. The van der Waals surface area contributed by atoms with E-state index in [1.54, 1.807) is 4.68 Å². The maximum Gasteiger partial charge on any atom is 0.243 e. The molecule has 1 aromatic heterocycles. The first kappa shape index (κ1) is 10.8. The van der Waals surface area contributed by atoms with Crippen molar-refractivity contribution in [2.24, 2.45) is 0 Å². The Morgan fingerprint density at radius 1 is 1.50 bits per heavy atom. The molecule has 0 fully saturated rings. The van der Waals surface area contributed by atoms with Gasteiger partial charge < -0.3 is 11.1 Å². The summed E-state index contributed by atoms with van der Waals surface area (Å²) < 4.78 is 1.76. The summed E-state index contributed by atoms with van der Waals surface area (Å²) in [7, 11) is 0. The molecular formula is C9H19N5. The minimum atomic E-state index is 0.305. The third kappa shape index (κ3) is 2.37. The van der Waals surface area contributed by atoms with Crippen LogP contribution in [0.15, 0.2) is 0 Å². The van der Waals surface area contributed by atoms with Gasteiger partial charge in [-0.25, -0.2) is 4.68 Å². The van der Waals surface area contributed by atoms with Crippen LogP contribution in [0.4, 0.5) is 11.9 Å². The number of nitrogens with zero attached hydrogens (tertiary/aromatic N) is 3. The molecule has 0 saturated heterocycles. The number of rotatable bonds is 5. The molecule has 1 atom stereocenters. The van der Waals surface area contributed by atoms with Crippen molar-refractivity contribution in [1.82, 2.24) is 14.8 Å². The molecule has 80 valence electrons. The predicted molar refractivity (Wildman–Crippen MR) is 58.2 cm³/mol. The smallest absolute Gasteiger partial charge is 0.243 e. The Morgan fingerprint density at radius 2 is 2.21 bits per heavy atom. The number of hydrogen-bond donors (Lipinski definition) is 2. The van der Waals surface area contributed by atoms with Crippen LogP contribution in [0.1, 0.15) is 39.7 Å². The highest BCUT2D eigenvalue weighted by Gasteiger charge is 2.10. The molecule has 0 bridgehead atoms. The fraction of sp³-hybridized carbons (Fsp3) is 0.778. The molecule has 1 rings (SSSR count). The SMILES string of the molecule is CCCNc1nc(N)n(C(C)CC)n1.